The van der Waals surface area contributed by atoms with E-state index in [0.29, 0.717) is 0 Å². The first-order valence-electron chi connectivity index (χ1n) is 6.45. The molecule has 100 valence electrons. The number of nitrogens with one attached hydrogen (secondary N) is 1. The highest BCUT2D eigenvalue weighted by atomic mass is 79.9. The molecule has 0 amide bonds. The van der Waals surface area contributed by atoms with Crippen LogP contribution in [-0.4, -0.2) is 6.54 Å². The van der Waals surface area contributed by atoms with E-state index in [1.807, 2.05) is 24.3 Å². The number of hydrogen-bond acceptors (Lipinski definition) is 1. The Labute approximate surface area is 122 Å². The molecule has 0 aliphatic carbocycles. The van der Waals surface area contributed by atoms with Crippen molar-refractivity contribution in [3.63, 3.8) is 0 Å². The summed E-state index contributed by atoms with van der Waals surface area (Å²) in [5.74, 6) is -0.201. The molecule has 0 aromatic heterocycles. The van der Waals surface area contributed by atoms with Gasteiger partial charge >= 0.3 is 0 Å². The zero-order chi connectivity index (χ0) is 13.7. The van der Waals surface area contributed by atoms with Crippen LogP contribution in [0.15, 0.2) is 53.0 Å². The first-order chi connectivity index (χ1) is 9.22. The van der Waals surface area contributed by atoms with Gasteiger partial charge in [-0.25, -0.2) is 4.39 Å². The lowest BCUT2D eigenvalue weighted by atomic mass is 9.98. The Balaban J connectivity index is 2.38. The number of hydrogen-bond donors (Lipinski definition) is 1. The lowest BCUT2D eigenvalue weighted by Crippen LogP contribution is -2.23. The standard InChI is InChI=1S/C16H17BrFN/c1-2-10-19-16(12-6-5-7-13(18)11-12)14-8-3-4-9-15(14)17/h3-9,11,16,19H,2,10H2,1H3. The summed E-state index contributed by atoms with van der Waals surface area (Å²) in [6.07, 6.45) is 1.04. The lowest BCUT2D eigenvalue weighted by Gasteiger charge is -2.21. The van der Waals surface area contributed by atoms with Crippen molar-refractivity contribution in [1.29, 1.82) is 0 Å². The van der Waals surface area contributed by atoms with Crippen molar-refractivity contribution in [2.24, 2.45) is 0 Å². The van der Waals surface area contributed by atoms with E-state index in [1.165, 1.54) is 6.07 Å². The van der Waals surface area contributed by atoms with Gasteiger partial charge in [-0.05, 0) is 42.3 Å². The second-order valence-corrected chi connectivity index (χ2v) is 5.32. The van der Waals surface area contributed by atoms with E-state index in [4.69, 9.17) is 0 Å². The summed E-state index contributed by atoms with van der Waals surface area (Å²) in [5.41, 5.74) is 2.07. The minimum absolute atomic E-state index is 0.00576. The summed E-state index contributed by atoms with van der Waals surface area (Å²) in [6, 6.07) is 14.8. The topological polar surface area (TPSA) is 12.0 Å². The Morgan fingerprint density at radius 1 is 1.16 bits per heavy atom. The van der Waals surface area contributed by atoms with Gasteiger partial charge in [0.25, 0.3) is 0 Å². The molecule has 0 saturated heterocycles. The van der Waals surface area contributed by atoms with Gasteiger partial charge in [0.1, 0.15) is 5.82 Å². The fourth-order valence-corrected chi connectivity index (χ4v) is 2.61. The lowest BCUT2D eigenvalue weighted by molar-refractivity contribution is 0.584. The summed E-state index contributed by atoms with van der Waals surface area (Å²) < 4.78 is 14.5. The second kappa shape index (κ2) is 6.83. The van der Waals surface area contributed by atoms with Crippen molar-refractivity contribution in [2.45, 2.75) is 19.4 Å². The maximum atomic E-state index is 13.4. The molecule has 19 heavy (non-hydrogen) atoms. The predicted molar refractivity (Wildman–Crippen MR) is 80.7 cm³/mol. The fourth-order valence-electron chi connectivity index (χ4n) is 2.09. The van der Waals surface area contributed by atoms with E-state index in [0.717, 1.165) is 28.6 Å². The van der Waals surface area contributed by atoms with E-state index in [1.54, 1.807) is 12.1 Å². The highest BCUT2D eigenvalue weighted by Gasteiger charge is 2.16. The Morgan fingerprint density at radius 2 is 1.95 bits per heavy atom. The van der Waals surface area contributed by atoms with Crippen LogP contribution >= 0.6 is 15.9 Å². The molecule has 0 aliphatic heterocycles. The molecule has 3 heteroatoms. The van der Waals surface area contributed by atoms with Crippen LogP contribution in [0.3, 0.4) is 0 Å². The Hall–Kier alpha value is -1.19. The first-order valence-corrected chi connectivity index (χ1v) is 7.25. The molecule has 0 bridgehead atoms. The van der Waals surface area contributed by atoms with E-state index in [2.05, 4.69) is 34.2 Å². The van der Waals surface area contributed by atoms with Crippen molar-refractivity contribution in [1.82, 2.24) is 5.32 Å². The number of halogens is 2. The average Bonchev–Trinajstić information content (AvgIpc) is 2.41. The molecule has 0 radical (unpaired) electrons. The SMILES string of the molecule is CCCNC(c1cccc(F)c1)c1ccccc1Br. The molecule has 0 fully saturated rings. The fraction of sp³-hybridized carbons (Fsp3) is 0.250. The summed E-state index contributed by atoms with van der Waals surface area (Å²) in [5, 5.41) is 3.47. The van der Waals surface area contributed by atoms with Gasteiger partial charge in [0.15, 0.2) is 0 Å². The Morgan fingerprint density at radius 3 is 2.63 bits per heavy atom. The minimum atomic E-state index is -0.201. The largest absolute Gasteiger partial charge is 0.306 e. The summed E-state index contributed by atoms with van der Waals surface area (Å²) in [7, 11) is 0. The highest BCUT2D eigenvalue weighted by Crippen LogP contribution is 2.28. The molecule has 1 N–H and O–H groups in total. The van der Waals surface area contributed by atoms with Crippen LogP contribution in [0.5, 0.6) is 0 Å². The first kappa shape index (κ1) is 14.2. The van der Waals surface area contributed by atoms with Gasteiger partial charge in [-0.2, -0.15) is 0 Å². The van der Waals surface area contributed by atoms with Crippen molar-refractivity contribution in [3.8, 4) is 0 Å². The summed E-state index contributed by atoms with van der Waals surface area (Å²) in [6.45, 7) is 3.01. The van der Waals surface area contributed by atoms with Crippen molar-refractivity contribution >= 4 is 15.9 Å². The third-order valence-corrected chi connectivity index (χ3v) is 3.72. The van der Waals surface area contributed by atoms with Crippen LogP contribution in [0.4, 0.5) is 4.39 Å². The van der Waals surface area contributed by atoms with Gasteiger partial charge in [0.2, 0.25) is 0 Å². The zero-order valence-electron chi connectivity index (χ0n) is 10.9. The summed E-state index contributed by atoms with van der Waals surface area (Å²) in [4.78, 5) is 0. The van der Waals surface area contributed by atoms with Gasteiger partial charge in [0.05, 0.1) is 6.04 Å². The molecule has 1 unspecified atom stereocenters. The van der Waals surface area contributed by atoms with Crippen LogP contribution in [0.2, 0.25) is 0 Å². The molecule has 2 aromatic carbocycles. The minimum Gasteiger partial charge on any atom is -0.306 e. The van der Waals surface area contributed by atoms with Gasteiger partial charge < -0.3 is 5.32 Å². The van der Waals surface area contributed by atoms with Crippen molar-refractivity contribution in [3.05, 3.63) is 69.9 Å². The maximum Gasteiger partial charge on any atom is 0.123 e. The monoisotopic (exact) mass is 321 g/mol. The molecule has 0 saturated carbocycles. The van der Waals surface area contributed by atoms with Crippen LogP contribution in [-0.2, 0) is 0 Å². The predicted octanol–water partition coefficient (Wildman–Crippen LogP) is 4.68. The van der Waals surface area contributed by atoms with Crippen LogP contribution < -0.4 is 5.32 Å². The second-order valence-electron chi connectivity index (χ2n) is 4.46. The molecule has 2 aromatic rings. The maximum absolute atomic E-state index is 13.4. The number of rotatable bonds is 5. The molecular formula is C16H17BrFN. The van der Waals surface area contributed by atoms with E-state index < -0.39 is 0 Å². The van der Waals surface area contributed by atoms with E-state index >= 15 is 0 Å². The van der Waals surface area contributed by atoms with E-state index in [9.17, 15) is 4.39 Å². The average molecular weight is 322 g/mol. The van der Waals surface area contributed by atoms with Crippen molar-refractivity contribution < 1.29 is 4.39 Å². The quantitative estimate of drug-likeness (QED) is 0.843. The van der Waals surface area contributed by atoms with Crippen LogP contribution in [0.1, 0.15) is 30.5 Å². The smallest absolute Gasteiger partial charge is 0.123 e. The Kier molecular flexibility index (Phi) is 5.11. The molecular weight excluding hydrogens is 305 g/mol. The van der Waals surface area contributed by atoms with Gasteiger partial charge in [-0.15, -0.1) is 0 Å². The third-order valence-electron chi connectivity index (χ3n) is 3.00. The zero-order valence-corrected chi connectivity index (χ0v) is 12.5. The highest BCUT2D eigenvalue weighted by molar-refractivity contribution is 9.10. The van der Waals surface area contributed by atoms with Crippen molar-refractivity contribution in [2.75, 3.05) is 6.54 Å². The van der Waals surface area contributed by atoms with Gasteiger partial charge in [0, 0.05) is 4.47 Å². The molecule has 2 rings (SSSR count). The molecule has 0 heterocycles. The van der Waals surface area contributed by atoms with Crippen LogP contribution in [0.25, 0.3) is 0 Å². The third kappa shape index (κ3) is 3.64. The summed E-state index contributed by atoms with van der Waals surface area (Å²) >= 11 is 3.57. The normalized spacial score (nSPS) is 12.4. The molecule has 0 aliphatic rings. The van der Waals surface area contributed by atoms with Gasteiger partial charge in [-0.3, -0.25) is 0 Å². The Bertz CT molecular complexity index is 542. The molecule has 1 atom stereocenters. The molecule has 1 nitrogen and oxygen atoms in total. The number of benzene rings is 2. The van der Waals surface area contributed by atoms with Gasteiger partial charge in [-0.1, -0.05) is 53.2 Å². The van der Waals surface area contributed by atoms with Crippen LogP contribution in [0, 0.1) is 5.82 Å². The molecule has 0 spiro atoms. The van der Waals surface area contributed by atoms with E-state index in [-0.39, 0.29) is 11.9 Å².